The Balaban J connectivity index is 2.10. The predicted octanol–water partition coefficient (Wildman–Crippen LogP) is 2.29. The van der Waals surface area contributed by atoms with Crippen molar-refractivity contribution in [1.29, 1.82) is 0 Å². The van der Waals surface area contributed by atoms with Gasteiger partial charge in [0, 0.05) is 25.2 Å². The maximum Gasteiger partial charge on any atom is 0.274 e. The van der Waals surface area contributed by atoms with E-state index in [4.69, 9.17) is 5.73 Å². The molecule has 0 aliphatic carbocycles. The van der Waals surface area contributed by atoms with E-state index >= 15 is 0 Å². The van der Waals surface area contributed by atoms with Gasteiger partial charge in [-0.25, -0.2) is 0 Å². The highest BCUT2D eigenvalue weighted by Gasteiger charge is 2.36. The summed E-state index contributed by atoms with van der Waals surface area (Å²) in [6.45, 7) is 9.23. The van der Waals surface area contributed by atoms with Crippen LogP contribution in [0, 0.1) is 22.5 Å². The van der Waals surface area contributed by atoms with Gasteiger partial charge in [-0.05, 0) is 31.7 Å². The maximum atomic E-state index is 12.6. The zero-order chi connectivity index (χ0) is 18.1. The zero-order valence-corrected chi connectivity index (χ0v) is 14.7. The van der Waals surface area contributed by atoms with Gasteiger partial charge in [0.2, 0.25) is 5.91 Å². The molecule has 3 N–H and O–H groups in total. The molecule has 0 radical (unpaired) electrons. The average molecular weight is 334 g/mol. The lowest BCUT2D eigenvalue weighted by atomic mass is 9.79. The lowest BCUT2D eigenvalue weighted by Crippen LogP contribution is -2.56. The van der Waals surface area contributed by atoms with E-state index in [-0.39, 0.29) is 29.1 Å². The first-order valence-electron chi connectivity index (χ1n) is 8.18. The van der Waals surface area contributed by atoms with Gasteiger partial charge < -0.3 is 11.1 Å². The van der Waals surface area contributed by atoms with Crippen LogP contribution in [0.15, 0.2) is 18.2 Å². The summed E-state index contributed by atoms with van der Waals surface area (Å²) in [6, 6.07) is 4.50. The Hall–Kier alpha value is -1.99. The van der Waals surface area contributed by atoms with Crippen LogP contribution in [0.3, 0.4) is 0 Å². The zero-order valence-electron chi connectivity index (χ0n) is 14.7. The van der Waals surface area contributed by atoms with Gasteiger partial charge in [-0.1, -0.05) is 19.9 Å². The van der Waals surface area contributed by atoms with Gasteiger partial charge in [0.05, 0.1) is 22.2 Å². The Bertz CT molecular complexity index is 645. The third-order valence-corrected chi connectivity index (χ3v) is 5.03. The van der Waals surface area contributed by atoms with Crippen LogP contribution in [0.25, 0.3) is 0 Å². The summed E-state index contributed by atoms with van der Waals surface area (Å²) >= 11 is 0. The Labute approximate surface area is 142 Å². The molecule has 7 heteroatoms. The van der Waals surface area contributed by atoms with E-state index in [0.717, 1.165) is 19.5 Å². The fraction of sp³-hybridized carbons (Fsp3) is 0.588. The molecule has 0 saturated carbocycles. The first kappa shape index (κ1) is 18.4. The van der Waals surface area contributed by atoms with Gasteiger partial charge in [-0.15, -0.1) is 0 Å². The Kier molecular flexibility index (Phi) is 5.25. The third kappa shape index (κ3) is 3.73. The van der Waals surface area contributed by atoms with Gasteiger partial charge >= 0.3 is 0 Å². The largest absolute Gasteiger partial charge is 0.327 e. The molecule has 0 spiro atoms. The lowest BCUT2D eigenvalue weighted by molar-refractivity contribution is -0.385. The molecule has 2 atom stereocenters. The number of carbonyl (C=O) groups is 1. The summed E-state index contributed by atoms with van der Waals surface area (Å²) in [5, 5.41) is 13.8. The van der Waals surface area contributed by atoms with Crippen LogP contribution in [0.4, 0.5) is 11.4 Å². The van der Waals surface area contributed by atoms with E-state index < -0.39 is 4.92 Å². The second-order valence-corrected chi connectivity index (χ2v) is 7.23. The minimum atomic E-state index is -0.442. The number of amides is 1. The number of nitro groups is 1. The Morgan fingerprint density at radius 3 is 2.75 bits per heavy atom. The number of benzene rings is 1. The number of nitrogens with zero attached hydrogens (tertiary/aromatic N) is 2. The molecule has 7 nitrogen and oxygen atoms in total. The van der Waals surface area contributed by atoms with Gasteiger partial charge in [-0.2, -0.15) is 0 Å². The monoisotopic (exact) mass is 334 g/mol. The molecule has 0 aromatic heterocycles. The lowest BCUT2D eigenvalue weighted by Gasteiger charge is -2.44. The van der Waals surface area contributed by atoms with Crippen LogP contribution < -0.4 is 11.1 Å². The molecular formula is C17H26N4O3. The van der Waals surface area contributed by atoms with Gasteiger partial charge in [0.1, 0.15) is 0 Å². The van der Waals surface area contributed by atoms with Crippen molar-refractivity contribution in [2.75, 3.05) is 18.4 Å². The number of anilines is 1. The van der Waals surface area contributed by atoms with Crippen LogP contribution in [0.2, 0.25) is 0 Å². The molecule has 2 rings (SSSR count). The standard InChI is InChI=1S/C17H26N4O3/c1-11-13(6-5-7-14(11)21(23)24)19-16(22)12(2)20-9-8-15(18)17(3,4)10-20/h5-7,12,15H,8-10,18H2,1-4H3,(H,19,22). The quantitative estimate of drug-likeness (QED) is 0.650. The van der Waals surface area contributed by atoms with Crippen LogP contribution in [-0.2, 0) is 4.79 Å². The van der Waals surface area contributed by atoms with E-state index in [2.05, 4.69) is 24.1 Å². The topological polar surface area (TPSA) is 102 Å². The number of likely N-dealkylation sites (tertiary alicyclic amines) is 1. The molecule has 1 aromatic rings. The van der Waals surface area contributed by atoms with Crippen LogP contribution >= 0.6 is 0 Å². The molecular weight excluding hydrogens is 308 g/mol. The van der Waals surface area contributed by atoms with Crippen molar-refractivity contribution in [2.24, 2.45) is 11.1 Å². The van der Waals surface area contributed by atoms with Crippen molar-refractivity contribution in [3.63, 3.8) is 0 Å². The van der Waals surface area contributed by atoms with E-state index in [0.29, 0.717) is 11.3 Å². The Morgan fingerprint density at radius 2 is 2.17 bits per heavy atom. The Morgan fingerprint density at radius 1 is 1.50 bits per heavy atom. The number of nitro benzene ring substituents is 1. The molecule has 2 unspecified atom stereocenters. The maximum absolute atomic E-state index is 12.6. The number of piperidine rings is 1. The van der Waals surface area contributed by atoms with Crippen molar-refractivity contribution >= 4 is 17.3 Å². The van der Waals surface area contributed by atoms with E-state index in [1.807, 2.05) is 6.92 Å². The molecule has 1 fully saturated rings. The average Bonchev–Trinajstić information content (AvgIpc) is 2.50. The molecule has 1 amide bonds. The molecule has 1 aromatic carbocycles. The summed E-state index contributed by atoms with van der Waals surface area (Å²) in [5.41, 5.74) is 7.05. The van der Waals surface area contributed by atoms with Crippen LogP contribution in [0.5, 0.6) is 0 Å². The molecule has 132 valence electrons. The summed E-state index contributed by atoms with van der Waals surface area (Å²) < 4.78 is 0. The number of carbonyl (C=O) groups excluding carboxylic acids is 1. The fourth-order valence-corrected chi connectivity index (χ4v) is 3.11. The van der Waals surface area contributed by atoms with Crippen molar-refractivity contribution in [3.8, 4) is 0 Å². The summed E-state index contributed by atoms with van der Waals surface area (Å²) in [6.07, 6.45) is 0.848. The minimum Gasteiger partial charge on any atom is -0.327 e. The fourth-order valence-electron chi connectivity index (χ4n) is 3.11. The smallest absolute Gasteiger partial charge is 0.274 e. The summed E-state index contributed by atoms with van der Waals surface area (Å²) in [4.78, 5) is 25.3. The van der Waals surface area contributed by atoms with Gasteiger partial charge in [-0.3, -0.25) is 19.8 Å². The highest BCUT2D eigenvalue weighted by atomic mass is 16.6. The van der Waals surface area contributed by atoms with Crippen molar-refractivity contribution < 1.29 is 9.72 Å². The highest BCUT2D eigenvalue weighted by molar-refractivity contribution is 5.95. The summed E-state index contributed by atoms with van der Waals surface area (Å²) in [5.74, 6) is -0.162. The number of nitrogens with one attached hydrogen (secondary N) is 1. The highest BCUT2D eigenvalue weighted by Crippen LogP contribution is 2.29. The number of rotatable bonds is 4. The van der Waals surface area contributed by atoms with Gasteiger partial charge in [0.15, 0.2) is 0 Å². The number of hydrogen-bond acceptors (Lipinski definition) is 5. The first-order chi connectivity index (χ1) is 11.1. The van der Waals surface area contributed by atoms with E-state index in [9.17, 15) is 14.9 Å². The van der Waals surface area contributed by atoms with Crippen molar-refractivity contribution in [1.82, 2.24) is 4.90 Å². The van der Waals surface area contributed by atoms with E-state index in [1.54, 1.807) is 19.1 Å². The number of nitrogens with two attached hydrogens (primary N) is 1. The normalized spacial score (nSPS) is 22.0. The van der Waals surface area contributed by atoms with Crippen LogP contribution in [0.1, 0.15) is 32.8 Å². The molecule has 1 aliphatic heterocycles. The van der Waals surface area contributed by atoms with E-state index in [1.165, 1.54) is 6.07 Å². The summed E-state index contributed by atoms with van der Waals surface area (Å²) in [7, 11) is 0. The minimum absolute atomic E-state index is 0.00512. The molecule has 1 heterocycles. The third-order valence-electron chi connectivity index (χ3n) is 5.03. The second-order valence-electron chi connectivity index (χ2n) is 7.23. The second kappa shape index (κ2) is 6.86. The molecule has 1 saturated heterocycles. The van der Waals surface area contributed by atoms with Crippen molar-refractivity contribution in [3.05, 3.63) is 33.9 Å². The predicted molar refractivity (Wildman–Crippen MR) is 93.9 cm³/mol. The molecule has 24 heavy (non-hydrogen) atoms. The first-order valence-corrected chi connectivity index (χ1v) is 8.18. The van der Waals surface area contributed by atoms with Crippen molar-refractivity contribution in [2.45, 2.75) is 46.2 Å². The number of hydrogen-bond donors (Lipinski definition) is 2. The van der Waals surface area contributed by atoms with Crippen LogP contribution in [-0.4, -0.2) is 40.9 Å². The molecule has 1 aliphatic rings. The van der Waals surface area contributed by atoms with Gasteiger partial charge in [0.25, 0.3) is 5.69 Å². The SMILES string of the molecule is Cc1c(NC(=O)C(C)N2CCC(N)C(C)(C)C2)cccc1[N+](=O)[O-]. The molecule has 0 bridgehead atoms.